The topological polar surface area (TPSA) is 49.9 Å². The number of H-pyrrole nitrogens is 1. The molecule has 0 spiro atoms. The Kier molecular flexibility index (Phi) is 2.15. The molecule has 0 bridgehead atoms. The highest BCUT2D eigenvalue weighted by molar-refractivity contribution is 7.90. The van der Waals surface area contributed by atoms with Crippen molar-refractivity contribution < 1.29 is 21.6 Å². The maximum absolute atomic E-state index is 12.1. The molecular formula is C6H6F3NO2S. The summed E-state index contributed by atoms with van der Waals surface area (Å²) in [6, 6.07) is 0. The molecule has 0 unspecified atom stereocenters. The highest BCUT2D eigenvalue weighted by Gasteiger charge is 2.36. The maximum atomic E-state index is 12.1. The number of hydrogen-bond donors (Lipinski definition) is 1. The lowest BCUT2D eigenvalue weighted by Crippen LogP contribution is -2.09. The van der Waals surface area contributed by atoms with E-state index >= 15 is 0 Å². The van der Waals surface area contributed by atoms with Crippen LogP contribution in [-0.2, 0) is 16.0 Å². The molecule has 7 heteroatoms. The van der Waals surface area contributed by atoms with E-state index in [4.69, 9.17) is 0 Å². The van der Waals surface area contributed by atoms with E-state index in [-0.39, 0.29) is 0 Å². The van der Waals surface area contributed by atoms with E-state index in [0.29, 0.717) is 6.20 Å². The van der Waals surface area contributed by atoms with Crippen LogP contribution in [0.1, 0.15) is 5.56 Å². The van der Waals surface area contributed by atoms with Crippen LogP contribution in [0.15, 0.2) is 17.3 Å². The van der Waals surface area contributed by atoms with Crippen LogP contribution in [0.2, 0.25) is 0 Å². The zero-order valence-corrected chi connectivity index (χ0v) is 7.33. The van der Waals surface area contributed by atoms with Crippen molar-refractivity contribution in [3.8, 4) is 0 Å². The molecule has 1 aromatic rings. The van der Waals surface area contributed by atoms with Crippen LogP contribution in [0.4, 0.5) is 13.2 Å². The smallest absolute Gasteiger partial charge is 0.366 e. The summed E-state index contributed by atoms with van der Waals surface area (Å²) in [7, 11) is -3.82. The normalized spacial score (nSPS) is 13.2. The van der Waals surface area contributed by atoms with Crippen molar-refractivity contribution in [2.75, 3.05) is 6.26 Å². The second-order valence-electron chi connectivity index (χ2n) is 2.50. The maximum Gasteiger partial charge on any atom is 0.419 e. The fraction of sp³-hybridized carbons (Fsp3) is 0.333. The van der Waals surface area contributed by atoms with Gasteiger partial charge in [-0.1, -0.05) is 0 Å². The molecule has 3 nitrogen and oxygen atoms in total. The molecule has 0 radical (unpaired) electrons. The summed E-state index contributed by atoms with van der Waals surface area (Å²) in [4.78, 5) is 1.39. The summed E-state index contributed by atoms with van der Waals surface area (Å²) in [5, 5.41) is 0. The van der Waals surface area contributed by atoms with Gasteiger partial charge in [0.2, 0.25) is 0 Å². The molecule has 0 atom stereocenters. The number of aromatic nitrogens is 1. The van der Waals surface area contributed by atoms with E-state index in [1.165, 1.54) is 0 Å². The molecule has 0 amide bonds. The van der Waals surface area contributed by atoms with Gasteiger partial charge in [-0.2, -0.15) is 13.2 Å². The number of hydrogen-bond acceptors (Lipinski definition) is 2. The lowest BCUT2D eigenvalue weighted by molar-refractivity contribution is -0.139. The Hall–Kier alpha value is -0.980. The largest absolute Gasteiger partial charge is 0.419 e. The van der Waals surface area contributed by atoms with E-state index in [0.717, 1.165) is 12.5 Å². The van der Waals surface area contributed by atoms with Gasteiger partial charge in [0.15, 0.2) is 9.84 Å². The first-order valence-corrected chi connectivity index (χ1v) is 5.06. The number of alkyl halides is 3. The number of rotatable bonds is 1. The van der Waals surface area contributed by atoms with Crippen LogP contribution < -0.4 is 0 Å². The average Bonchev–Trinajstić information content (AvgIpc) is 2.27. The second kappa shape index (κ2) is 2.76. The van der Waals surface area contributed by atoms with Crippen molar-refractivity contribution in [1.29, 1.82) is 0 Å². The highest BCUT2D eigenvalue weighted by Crippen LogP contribution is 2.33. The first-order valence-electron chi connectivity index (χ1n) is 3.17. The Morgan fingerprint density at radius 2 is 1.85 bits per heavy atom. The average molecular weight is 213 g/mol. The molecule has 1 heterocycles. The second-order valence-corrected chi connectivity index (χ2v) is 4.49. The van der Waals surface area contributed by atoms with Crippen molar-refractivity contribution in [1.82, 2.24) is 4.98 Å². The van der Waals surface area contributed by atoms with Crippen LogP contribution in [0, 0.1) is 0 Å². The quantitative estimate of drug-likeness (QED) is 0.767. The lowest BCUT2D eigenvalue weighted by atomic mass is 10.3. The van der Waals surface area contributed by atoms with Gasteiger partial charge in [-0.05, 0) is 0 Å². The number of sulfone groups is 1. The molecule has 0 fully saturated rings. The van der Waals surface area contributed by atoms with Gasteiger partial charge in [0.05, 0.1) is 10.5 Å². The van der Waals surface area contributed by atoms with Gasteiger partial charge >= 0.3 is 6.18 Å². The molecule has 0 aromatic carbocycles. The van der Waals surface area contributed by atoms with Crippen molar-refractivity contribution in [3.05, 3.63) is 18.0 Å². The van der Waals surface area contributed by atoms with E-state index < -0.39 is 26.5 Å². The van der Waals surface area contributed by atoms with Gasteiger partial charge < -0.3 is 4.98 Å². The molecule has 1 aromatic heterocycles. The van der Waals surface area contributed by atoms with Crippen LogP contribution >= 0.6 is 0 Å². The molecule has 74 valence electrons. The number of halogens is 3. The molecule has 1 N–H and O–H groups in total. The van der Waals surface area contributed by atoms with Gasteiger partial charge in [0, 0.05) is 18.6 Å². The third-order valence-corrected chi connectivity index (χ3v) is 2.55. The molecule has 0 aliphatic heterocycles. The first kappa shape index (κ1) is 10.1. The summed E-state index contributed by atoms with van der Waals surface area (Å²) in [6.45, 7) is 0. The summed E-state index contributed by atoms with van der Waals surface area (Å²) in [6.07, 6.45) is -2.47. The van der Waals surface area contributed by atoms with Crippen LogP contribution in [0.5, 0.6) is 0 Å². The van der Waals surface area contributed by atoms with Gasteiger partial charge in [0.1, 0.15) is 0 Å². The fourth-order valence-corrected chi connectivity index (χ4v) is 1.73. The molecule has 1 rings (SSSR count). The Balaban J connectivity index is 3.35. The zero-order valence-electron chi connectivity index (χ0n) is 6.51. The van der Waals surface area contributed by atoms with Crippen molar-refractivity contribution in [2.24, 2.45) is 0 Å². The third kappa shape index (κ3) is 2.03. The lowest BCUT2D eigenvalue weighted by Gasteiger charge is -2.05. The Morgan fingerprint density at radius 3 is 2.15 bits per heavy atom. The summed E-state index contributed by atoms with van der Waals surface area (Å²) >= 11 is 0. The highest BCUT2D eigenvalue weighted by atomic mass is 32.2. The summed E-state index contributed by atoms with van der Waals surface area (Å²) < 4.78 is 58.1. The molecule has 0 saturated heterocycles. The zero-order chi connectivity index (χ0) is 10.3. The van der Waals surface area contributed by atoms with Crippen molar-refractivity contribution >= 4 is 9.84 Å². The van der Waals surface area contributed by atoms with Crippen LogP contribution in [0.25, 0.3) is 0 Å². The summed E-state index contributed by atoms with van der Waals surface area (Å²) in [5.74, 6) is 0. The molecule has 13 heavy (non-hydrogen) atoms. The molecular weight excluding hydrogens is 207 g/mol. The van der Waals surface area contributed by atoms with Gasteiger partial charge in [0.25, 0.3) is 0 Å². The molecule has 0 saturated carbocycles. The Labute approximate surface area is 72.5 Å². The standard InChI is InChI=1S/C6H6F3NO2S/c1-13(11,12)5-3-10-2-4(5)6(7,8)9/h2-3,10H,1H3. The van der Waals surface area contributed by atoms with Crippen molar-refractivity contribution in [2.45, 2.75) is 11.1 Å². The first-order chi connectivity index (χ1) is 5.73. The number of nitrogens with one attached hydrogen (secondary N) is 1. The molecule has 0 aliphatic rings. The van der Waals surface area contributed by atoms with Crippen molar-refractivity contribution in [3.63, 3.8) is 0 Å². The Bertz CT molecular complexity index is 404. The predicted molar refractivity (Wildman–Crippen MR) is 38.9 cm³/mol. The summed E-state index contributed by atoms with van der Waals surface area (Å²) in [5.41, 5.74) is -1.16. The minimum Gasteiger partial charge on any atom is -0.366 e. The van der Waals surface area contributed by atoms with Crippen LogP contribution in [0.3, 0.4) is 0 Å². The van der Waals surface area contributed by atoms with E-state index in [1.54, 1.807) is 0 Å². The van der Waals surface area contributed by atoms with E-state index in [2.05, 4.69) is 4.98 Å². The predicted octanol–water partition coefficient (Wildman–Crippen LogP) is 1.44. The fourth-order valence-electron chi connectivity index (χ4n) is 0.878. The third-order valence-electron chi connectivity index (χ3n) is 1.41. The number of aromatic amines is 1. The van der Waals surface area contributed by atoms with Gasteiger partial charge in [-0.3, -0.25) is 0 Å². The SMILES string of the molecule is CS(=O)(=O)c1c[nH]cc1C(F)(F)F. The molecule has 0 aliphatic carbocycles. The van der Waals surface area contributed by atoms with E-state index in [9.17, 15) is 21.6 Å². The van der Waals surface area contributed by atoms with Crippen LogP contribution in [-0.4, -0.2) is 19.7 Å². The minimum absolute atomic E-state index is 0.621. The Morgan fingerprint density at radius 1 is 1.31 bits per heavy atom. The van der Waals surface area contributed by atoms with Gasteiger partial charge in [-0.15, -0.1) is 0 Å². The van der Waals surface area contributed by atoms with E-state index in [1.807, 2.05) is 0 Å². The van der Waals surface area contributed by atoms with Gasteiger partial charge in [-0.25, -0.2) is 8.42 Å². The minimum atomic E-state index is -4.64. The monoisotopic (exact) mass is 213 g/mol.